The first-order valence-corrected chi connectivity index (χ1v) is 13.4. The quantitative estimate of drug-likeness (QED) is 0.0572. The highest BCUT2D eigenvalue weighted by Gasteiger charge is 2.48. The van der Waals surface area contributed by atoms with Crippen LogP contribution in [0.2, 0.25) is 0 Å². The first-order valence-electron chi connectivity index (χ1n) is 13.4. The second kappa shape index (κ2) is 24.0. The van der Waals surface area contributed by atoms with Gasteiger partial charge >= 0.3 is 0 Å². The average molecular weight is 538 g/mol. The summed E-state index contributed by atoms with van der Waals surface area (Å²) in [5.74, 6) is 0. The molecule has 1 fully saturated rings. The Hall–Kier alpha value is -1.09. The van der Waals surface area contributed by atoms with E-state index in [1.165, 1.54) is 0 Å². The molecule has 0 aromatic rings. The summed E-state index contributed by atoms with van der Waals surface area (Å²) in [6.07, 6.45) is 2.05. The predicted molar refractivity (Wildman–Crippen MR) is 134 cm³/mol. The minimum atomic E-state index is -0.773. The second-order valence-electron chi connectivity index (χ2n) is 8.67. The van der Waals surface area contributed by atoms with Gasteiger partial charge in [-0.3, -0.25) is 0 Å². The van der Waals surface area contributed by atoms with Crippen molar-refractivity contribution in [2.75, 3.05) is 72.6 Å². The van der Waals surface area contributed by atoms with E-state index in [-0.39, 0.29) is 52.9 Å². The molecule has 1 heterocycles. The van der Waals surface area contributed by atoms with Crippen LogP contribution in [0.5, 0.6) is 0 Å². The number of ether oxygens (including phenoxy) is 6. The highest BCUT2D eigenvalue weighted by molar-refractivity contribution is 4.93. The number of rotatable bonds is 25. The maximum Gasteiger partial charge on any atom is 0.186 e. The average Bonchev–Trinajstić information content (AvgIpc) is 2.90. The van der Waals surface area contributed by atoms with Crippen LogP contribution in [0.1, 0.15) is 51.4 Å². The number of aliphatic hydroxyl groups excluding tert-OH is 4. The van der Waals surface area contributed by atoms with E-state index < -0.39 is 30.7 Å². The van der Waals surface area contributed by atoms with E-state index in [1.807, 2.05) is 0 Å². The van der Waals surface area contributed by atoms with E-state index in [9.17, 15) is 15.3 Å². The molecule has 0 aromatic carbocycles. The van der Waals surface area contributed by atoms with E-state index in [1.54, 1.807) is 0 Å². The molecule has 0 aromatic heterocycles. The summed E-state index contributed by atoms with van der Waals surface area (Å²) in [4.78, 5) is 2.75. The van der Waals surface area contributed by atoms with Crippen LogP contribution in [0.4, 0.5) is 0 Å². The number of hydrogen-bond acceptors (Lipinski definition) is 11. The van der Waals surface area contributed by atoms with Crippen LogP contribution in [-0.4, -0.2) is 124 Å². The third-order valence-corrected chi connectivity index (χ3v) is 5.66. The lowest BCUT2D eigenvalue weighted by Gasteiger charge is -2.46. The maximum absolute atomic E-state index is 9.27. The van der Waals surface area contributed by atoms with Crippen LogP contribution in [0.3, 0.4) is 0 Å². The lowest BCUT2D eigenvalue weighted by molar-refractivity contribution is -0.324. The normalized spacial score (nSPS) is 23.7. The molecule has 13 nitrogen and oxygen atoms in total. The fourth-order valence-electron chi connectivity index (χ4n) is 3.81. The van der Waals surface area contributed by atoms with Gasteiger partial charge in [0.2, 0.25) is 0 Å². The fourth-order valence-corrected chi connectivity index (χ4v) is 3.81. The van der Waals surface area contributed by atoms with Crippen LogP contribution in [0.25, 0.3) is 10.4 Å². The molecule has 0 radical (unpaired) electrons. The molecular formula is C24H47N3O10. The van der Waals surface area contributed by atoms with Crippen molar-refractivity contribution in [3.63, 3.8) is 0 Å². The van der Waals surface area contributed by atoms with Crippen LogP contribution >= 0.6 is 0 Å². The smallest absolute Gasteiger partial charge is 0.186 e. The SMILES string of the molecule is [N-]=[N+]=NCCCCCCO[C@@H]1O[C@H](COCCCO)[C@@H](OCCCO)[C@H](OCCCO)[C@H]1OCCCO. The molecule has 5 atom stereocenters. The Morgan fingerprint density at radius 2 is 1.16 bits per heavy atom. The Kier molecular flexibility index (Phi) is 22.0. The standard InChI is InChI=1S/C24H47N3O10/c25-27-26-9-3-1-2-4-15-36-24-23(35-18-8-13-31)22(34-17-7-12-30)21(33-16-6-11-29)20(37-24)19-32-14-5-10-28/h20-24,28-31H,1-19H2/t20-,21-,22+,23-,24-/m1/s1. The number of aliphatic hydroxyl groups is 4. The minimum Gasteiger partial charge on any atom is -0.396 e. The van der Waals surface area contributed by atoms with Crippen molar-refractivity contribution in [3.8, 4) is 0 Å². The summed E-state index contributed by atoms with van der Waals surface area (Å²) >= 11 is 0. The molecule has 0 spiro atoms. The molecule has 1 aliphatic heterocycles. The van der Waals surface area contributed by atoms with Crippen molar-refractivity contribution in [1.82, 2.24) is 0 Å². The molecule has 37 heavy (non-hydrogen) atoms. The zero-order valence-electron chi connectivity index (χ0n) is 21.9. The number of nitrogens with zero attached hydrogens (tertiary/aromatic N) is 3. The van der Waals surface area contributed by atoms with Gasteiger partial charge in [-0.25, -0.2) is 0 Å². The first-order chi connectivity index (χ1) is 18.2. The van der Waals surface area contributed by atoms with Gasteiger partial charge in [0.05, 0.1) is 6.61 Å². The van der Waals surface area contributed by atoms with Gasteiger partial charge in [-0.1, -0.05) is 18.0 Å². The maximum atomic E-state index is 9.27. The number of unbranched alkanes of at least 4 members (excludes halogenated alkanes) is 3. The minimum absolute atomic E-state index is 0.0181. The Labute approximate surface area is 219 Å². The number of azide groups is 1. The highest BCUT2D eigenvalue weighted by atomic mass is 16.7. The van der Waals surface area contributed by atoms with Gasteiger partial charge in [0.25, 0.3) is 0 Å². The molecule has 4 N–H and O–H groups in total. The van der Waals surface area contributed by atoms with E-state index in [0.717, 1.165) is 25.7 Å². The van der Waals surface area contributed by atoms with Gasteiger partial charge in [-0.05, 0) is 44.1 Å². The zero-order valence-corrected chi connectivity index (χ0v) is 21.9. The molecule has 0 amide bonds. The van der Waals surface area contributed by atoms with Crippen LogP contribution in [0, 0.1) is 0 Å². The number of hydrogen-bond donors (Lipinski definition) is 4. The summed E-state index contributed by atoms with van der Waals surface area (Å²) in [6, 6.07) is 0. The van der Waals surface area contributed by atoms with Crippen molar-refractivity contribution in [2.45, 2.75) is 82.1 Å². The molecule has 1 aliphatic rings. The van der Waals surface area contributed by atoms with Gasteiger partial charge in [0.1, 0.15) is 24.4 Å². The molecule has 0 aliphatic carbocycles. The van der Waals surface area contributed by atoms with E-state index in [0.29, 0.717) is 45.4 Å². The van der Waals surface area contributed by atoms with Gasteiger partial charge in [0, 0.05) is 70.9 Å². The second-order valence-corrected chi connectivity index (χ2v) is 8.67. The molecule has 0 saturated carbocycles. The molecule has 0 unspecified atom stereocenters. The Morgan fingerprint density at radius 1 is 0.622 bits per heavy atom. The van der Waals surface area contributed by atoms with Crippen molar-refractivity contribution in [2.24, 2.45) is 5.11 Å². The van der Waals surface area contributed by atoms with Crippen molar-refractivity contribution in [3.05, 3.63) is 10.4 Å². The van der Waals surface area contributed by atoms with Gasteiger partial charge < -0.3 is 48.8 Å². The fraction of sp³-hybridized carbons (Fsp3) is 1.00. The lowest BCUT2D eigenvalue weighted by Crippen LogP contribution is -2.62. The summed E-state index contributed by atoms with van der Waals surface area (Å²) in [5, 5.41) is 40.4. The van der Waals surface area contributed by atoms with Gasteiger partial charge in [-0.2, -0.15) is 0 Å². The Bertz CT molecular complexity index is 571. The summed E-state index contributed by atoms with van der Waals surface area (Å²) in [7, 11) is 0. The highest BCUT2D eigenvalue weighted by Crippen LogP contribution is 2.30. The molecule has 218 valence electrons. The summed E-state index contributed by atoms with van der Waals surface area (Å²) in [6.45, 7) is 2.21. The lowest BCUT2D eigenvalue weighted by atomic mass is 9.98. The van der Waals surface area contributed by atoms with Gasteiger partial charge in [-0.15, -0.1) is 0 Å². The van der Waals surface area contributed by atoms with Crippen LogP contribution in [-0.2, 0) is 28.4 Å². The molecular weight excluding hydrogens is 490 g/mol. The third kappa shape index (κ3) is 15.2. The van der Waals surface area contributed by atoms with Crippen molar-refractivity contribution in [1.29, 1.82) is 0 Å². The molecule has 1 rings (SSSR count). The monoisotopic (exact) mass is 537 g/mol. The summed E-state index contributed by atoms with van der Waals surface area (Å²) < 4.78 is 36.4. The van der Waals surface area contributed by atoms with E-state index in [4.69, 9.17) is 39.1 Å². The predicted octanol–water partition coefficient (Wildman–Crippen LogP) is 1.30. The van der Waals surface area contributed by atoms with Gasteiger partial charge in [0.15, 0.2) is 6.29 Å². The third-order valence-electron chi connectivity index (χ3n) is 5.66. The molecule has 1 saturated heterocycles. The topological polar surface area (TPSA) is 185 Å². The van der Waals surface area contributed by atoms with E-state index >= 15 is 0 Å². The first kappa shape index (κ1) is 33.9. The van der Waals surface area contributed by atoms with Crippen LogP contribution < -0.4 is 0 Å². The largest absolute Gasteiger partial charge is 0.396 e. The molecule has 13 heteroatoms. The Morgan fingerprint density at radius 3 is 1.78 bits per heavy atom. The van der Waals surface area contributed by atoms with Crippen molar-refractivity contribution >= 4 is 0 Å². The zero-order chi connectivity index (χ0) is 27.0. The van der Waals surface area contributed by atoms with Crippen molar-refractivity contribution < 1.29 is 48.8 Å². The Balaban J connectivity index is 2.94. The van der Waals surface area contributed by atoms with E-state index in [2.05, 4.69) is 10.0 Å². The molecule has 0 bridgehead atoms. The summed E-state index contributed by atoms with van der Waals surface area (Å²) in [5.41, 5.74) is 8.36. The van der Waals surface area contributed by atoms with Crippen LogP contribution in [0.15, 0.2) is 5.11 Å².